The Hall–Kier alpha value is -1.56. The summed E-state index contributed by atoms with van der Waals surface area (Å²) < 4.78 is 10.8. The Morgan fingerprint density at radius 3 is 2.64 bits per heavy atom. The van der Waals surface area contributed by atoms with Crippen LogP contribution >= 0.6 is 0 Å². The molecule has 2 N–H and O–H groups in total. The van der Waals surface area contributed by atoms with E-state index in [-0.39, 0.29) is 0 Å². The minimum Gasteiger partial charge on any atom is -0.380 e. The van der Waals surface area contributed by atoms with Gasteiger partial charge in [-0.05, 0) is 18.3 Å². The van der Waals surface area contributed by atoms with Gasteiger partial charge in [0.15, 0.2) is 11.7 Å². The third-order valence-electron chi connectivity index (χ3n) is 3.20. The lowest BCUT2D eigenvalue weighted by Crippen LogP contribution is -2.38. The molecule has 0 spiro atoms. The zero-order valence-corrected chi connectivity index (χ0v) is 14.5. The summed E-state index contributed by atoms with van der Waals surface area (Å²) >= 11 is 0. The van der Waals surface area contributed by atoms with E-state index in [1.54, 1.807) is 7.05 Å². The van der Waals surface area contributed by atoms with E-state index in [1.807, 2.05) is 6.07 Å². The van der Waals surface area contributed by atoms with E-state index < -0.39 is 0 Å². The number of ether oxygens (including phenoxy) is 1. The minimum atomic E-state index is 0.373. The molecule has 6 heteroatoms. The largest absolute Gasteiger partial charge is 0.380 e. The molecule has 0 aliphatic heterocycles. The lowest BCUT2D eigenvalue weighted by atomic mass is 10.1. The van der Waals surface area contributed by atoms with Gasteiger partial charge < -0.3 is 19.9 Å². The maximum Gasteiger partial charge on any atom is 0.191 e. The van der Waals surface area contributed by atoms with E-state index in [1.165, 1.54) is 0 Å². The van der Waals surface area contributed by atoms with Gasteiger partial charge in [0.1, 0.15) is 0 Å². The fourth-order valence-electron chi connectivity index (χ4n) is 1.74. The van der Waals surface area contributed by atoms with Crippen LogP contribution < -0.4 is 10.6 Å². The van der Waals surface area contributed by atoms with E-state index in [2.05, 4.69) is 48.5 Å². The van der Waals surface area contributed by atoms with E-state index >= 15 is 0 Å². The highest BCUT2D eigenvalue weighted by Crippen LogP contribution is 2.13. The Kier molecular flexibility index (Phi) is 8.58. The molecule has 1 aromatic heterocycles. The molecule has 0 aliphatic rings. The average Bonchev–Trinajstić information content (AvgIpc) is 2.94. The Bertz CT molecular complexity index is 441. The summed E-state index contributed by atoms with van der Waals surface area (Å²) in [5.41, 5.74) is 0.971. The highest BCUT2D eigenvalue weighted by Gasteiger charge is 2.08. The molecule has 22 heavy (non-hydrogen) atoms. The molecule has 0 saturated carbocycles. The van der Waals surface area contributed by atoms with Gasteiger partial charge in [0, 0.05) is 26.3 Å². The van der Waals surface area contributed by atoms with Crippen LogP contribution in [0.15, 0.2) is 15.6 Å². The molecule has 1 heterocycles. The molecule has 1 aromatic rings. The summed E-state index contributed by atoms with van der Waals surface area (Å²) in [7, 11) is 1.74. The van der Waals surface area contributed by atoms with Gasteiger partial charge >= 0.3 is 0 Å². The first-order valence-corrected chi connectivity index (χ1v) is 8.00. The second-order valence-electron chi connectivity index (χ2n) is 6.02. The van der Waals surface area contributed by atoms with Crippen molar-refractivity contribution in [1.29, 1.82) is 0 Å². The maximum atomic E-state index is 5.56. The Labute approximate surface area is 133 Å². The molecule has 126 valence electrons. The first-order valence-electron chi connectivity index (χ1n) is 8.00. The zero-order chi connectivity index (χ0) is 16.4. The molecule has 0 aromatic carbocycles. The van der Waals surface area contributed by atoms with Crippen molar-refractivity contribution in [3.8, 4) is 0 Å². The van der Waals surface area contributed by atoms with E-state index in [9.17, 15) is 0 Å². The zero-order valence-electron chi connectivity index (χ0n) is 14.5. The molecule has 0 saturated heterocycles. The molecule has 0 amide bonds. The van der Waals surface area contributed by atoms with E-state index in [0.29, 0.717) is 25.0 Å². The van der Waals surface area contributed by atoms with Crippen molar-refractivity contribution < 1.29 is 9.26 Å². The van der Waals surface area contributed by atoms with Crippen molar-refractivity contribution in [2.45, 2.75) is 46.6 Å². The van der Waals surface area contributed by atoms with Crippen LogP contribution in [0.5, 0.6) is 0 Å². The quantitative estimate of drug-likeness (QED) is 0.416. The third-order valence-corrected chi connectivity index (χ3v) is 3.20. The van der Waals surface area contributed by atoms with Crippen molar-refractivity contribution in [2.75, 3.05) is 26.8 Å². The standard InChI is InChI=1S/C16H30N4O2/c1-12(2)6-8-21-9-7-18-16(17-5)19-11-14-10-15(13(3)4)20-22-14/h10,12-13H,6-9,11H2,1-5H3,(H2,17,18,19). The second kappa shape index (κ2) is 10.2. The molecular formula is C16H30N4O2. The number of nitrogens with one attached hydrogen (secondary N) is 2. The van der Waals surface area contributed by atoms with Gasteiger partial charge in [0.25, 0.3) is 0 Å². The van der Waals surface area contributed by atoms with Gasteiger partial charge in [0.2, 0.25) is 0 Å². The number of aliphatic imine (C=N–C) groups is 1. The van der Waals surface area contributed by atoms with Crippen molar-refractivity contribution in [3.05, 3.63) is 17.5 Å². The number of aromatic nitrogens is 1. The molecule has 6 nitrogen and oxygen atoms in total. The minimum absolute atomic E-state index is 0.373. The summed E-state index contributed by atoms with van der Waals surface area (Å²) in [5, 5.41) is 10.4. The van der Waals surface area contributed by atoms with Gasteiger partial charge in [-0.1, -0.05) is 32.9 Å². The van der Waals surface area contributed by atoms with Crippen molar-refractivity contribution in [3.63, 3.8) is 0 Å². The number of rotatable bonds is 9. The van der Waals surface area contributed by atoms with Crippen LogP contribution in [0.4, 0.5) is 0 Å². The molecule has 0 aliphatic carbocycles. The maximum absolute atomic E-state index is 5.56. The van der Waals surface area contributed by atoms with Crippen LogP contribution in [0.2, 0.25) is 0 Å². The molecule has 0 fully saturated rings. The van der Waals surface area contributed by atoms with E-state index in [0.717, 1.165) is 37.0 Å². The molecule has 0 bridgehead atoms. The van der Waals surface area contributed by atoms with Gasteiger partial charge in [-0.15, -0.1) is 0 Å². The Balaban J connectivity index is 2.19. The van der Waals surface area contributed by atoms with Crippen LogP contribution in [0.3, 0.4) is 0 Å². The molecular weight excluding hydrogens is 280 g/mol. The predicted molar refractivity (Wildman–Crippen MR) is 89.1 cm³/mol. The molecule has 1 rings (SSSR count). The SMILES string of the molecule is CN=C(NCCOCCC(C)C)NCc1cc(C(C)C)no1. The van der Waals surface area contributed by atoms with Crippen LogP contribution in [0.25, 0.3) is 0 Å². The Morgan fingerprint density at radius 1 is 1.27 bits per heavy atom. The fourth-order valence-corrected chi connectivity index (χ4v) is 1.74. The topological polar surface area (TPSA) is 71.7 Å². The number of nitrogens with zero attached hydrogens (tertiary/aromatic N) is 2. The molecule has 0 radical (unpaired) electrons. The lowest BCUT2D eigenvalue weighted by Gasteiger charge is -2.11. The van der Waals surface area contributed by atoms with Gasteiger partial charge in [0.05, 0.1) is 18.8 Å². The average molecular weight is 310 g/mol. The van der Waals surface area contributed by atoms with Crippen LogP contribution in [0, 0.1) is 5.92 Å². The molecule has 0 atom stereocenters. The monoisotopic (exact) mass is 310 g/mol. The highest BCUT2D eigenvalue weighted by molar-refractivity contribution is 5.79. The number of guanidine groups is 1. The fraction of sp³-hybridized carbons (Fsp3) is 0.750. The highest BCUT2D eigenvalue weighted by atomic mass is 16.5. The number of hydrogen-bond donors (Lipinski definition) is 2. The van der Waals surface area contributed by atoms with Gasteiger partial charge in [-0.25, -0.2) is 0 Å². The number of hydrogen-bond acceptors (Lipinski definition) is 4. The van der Waals surface area contributed by atoms with Crippen molar-refractivity contribution >= 4 is 5.96 Å². The normalized spacial score (nSPS) is 12.2. The van der Waals surface area contributed by atoms with Crippen LogP contribution in [-0.2, 0) is 11.3 Å². The first kappa shape index (κ1) is 18.5. The summed E-state index contributed by atoms with van der Waals surface area (Å²) in [6, 6.07) is 1.97. The Morgan fingerprint density at radius 2 is 2.05 bits per heavy atom. The summed E-state index contributed by atoms with van der Waals surface area (Å²) in [4.78, 5) is 4.17. The van der Waals surface area contributed by atoms with Crippen molar-refractivity contribution in [1.82, 2.24) is 15.8 Å². The summed E-state index contributed by atoms with van der Waals surface area (Å²) in [6.07, 6.45) is 1.09. The van der Waals surface area contributed by atoms with Crippen LogP contribution in [-0.4, -0.2) is 37.9 Å². The van der Waals surface area contributed by atoms with E-state index in [4.69, 9.17) is 9.26 Å². The predicted octanol–water partition coefficient (Wildman–Crippen LogP) is 2.53. The van der Waals surface area contributed by atoms with Gasteiger partial charge in [-0.2, -0.15) is 0 Å². The third kappa shape index (κ3) is 7.45. The first-order chi connectivity index (χ1) is 10.5. The lowest BCUT2D eigenvalue weighted by molar-refractivity contribution is 0.128. The summed E-state index contributed by atoms with van der Waals surface area (Å²) in [6.45, 7) is 11.3. The smallest absolute Gasteiger partial charge is 0.191 e. The van der Waals surface area contributed by atoms with Gasteiger partial charge in [-0.3, -0.25) is 4.99 Å². The summed E-state index contributed by atoms with van der Waals surface area (Å²) in [5.74, 6) is 2.59. The van der Waals surface area contributed by atoms with Crippen molar-refractivity contribution in [2.24, 2.45) is 10.9 Å². The molecule has 0 unspecified atom stereocenters. The van der Waals surface area contributed by atoms with Crippen LogP contribution in [0.1, 0.15) is 51.5 Å². The second-order valence-corrected chi connectivity index (χ2v) is 6.02.